The number of rotatable bonds is 3. The van der Waals surface area contributed by atoms with Gasteiger partial charge in [-0.2, -0.15) is 4.57 Å². The van der Waals surface area contributed by atoms with Crippen LogP contribution in [-0.2, 0) is 4.79 Å². The monoisotopic (exact) mass is 299 g/mol. The maximum absolute atomic E-state index is 12.4. The number of nitrogens with zero attached hydrogens (tertiary/aromatic N) is 1. The summed E-state index contributed by atoms with van der Waals surface area (Å²) >= 11 is 0. The number of nitrogens with one attached hydrogen (secondary N) is 1. The van der Waals surface area contributed by atoms with Crippen LogP contribution in [0.25, 0.3) is 0 Å². The molecule has 1 aromatic heterocycles. The second kappa shape index (κ2) is 6.05. The van der Waals surface area contributed by atoms with E-state index in [9.17, 15) is 4.79 Å². The molecule has 1 aromatic carbocycles. The van der Waals surface area contributed by atoms with Crippen LogP contribution >= 0.6 is 0 Å². The lowest BCUT2D eigenvalue weighted by molar-refractivity contribution is -0.705. The van der Waals surface area contributed by atoms with Gasteiger partial charge >= 0.3 is 0 Å². The minimum absolute atomic E-state index is 0.0782. The molecular weight excluding hydrogens is 280 g/mol. The van der Waals surface area contributed by atoms with Gasteiger partial charge < -0.3 is 14.8 Å². The largest absolute Gasteiger partial charge is 0.486 e. The Bertz CT molecular complexity index is 683. The zero-order valence-corrected chi connectivity index (χ0v) is 12.7. The maximum atomic E-state index is 12.4. The fourth-order valence-corrected chi connectivity index (χ4v) is 2.27. The Hall–Kier alpha value is -2.56. The van der Waals surface area contributed by atoms with Gasteiger partial charge in [-0.15, -0.1) is 0 Å². The fraction of sp³-hybridized carbons (Fsp3) is 0.294. The van der Waals surface area contributed by atoms with Crippen molar-refractivity contribution in [3.8, 4) is 11.5 Å². The summed E-state index contributed by atoms with van der Waals surface area (Å²) in [6.45, 7) is 4.97. The van der Waals surface area contributed by atoms with Gasteiger partial charge in [-0.05, 0) is 24.6 Å². The Kier molecular flexibility index (Phi) is 3.96. The Labute approximate surface area is 129 Å². The van der Waals surface area contributed by atoms with Gasteiger partial charge in [-0.1, -0.05) is 0 Å². The maximum Gasteiger partial charge on any atom is 0.293 e. The molecule has 1 amide bonds. The van der Waals surface area contributed by atoms with Crippen LogP contribution in [0.5, 0.6) is 11.5 Å². The predicted octanol–water partition coefficient (Wildman–Crippen LogP) is 2.25. The summed E-state index contributed by atoms with van der Waals surface area (Å²) in [7, 11) is 0. The number of benzene rings is 1. The summed E-state index contributed by atoms with van der Waals surface area (Å²) in [5.74, 6) is 1.30. The van der Waals surface area contributed by atoms with Crippen molar-refractivity contribution in [2.24, 2.45) is 0 Å². The van der Waals surface area contributed by atoms with E-state index in [0.717, 1.165) is 5.56 Å². The molecule has 0 saturated heterocycles. The molecule has 0 radical (unpaired) electrons. The number of aromatic nitrogens is 1. The van der Waals surface area contributed by atoms with Gasteiger partial charge in [0.25, 0.3) is 5.91 Å². The van der Waals surface area contributed by atoms with Crippen molar-refractivity contribution in [1.29, 1.82) is 0 Å². The average Bonchev–Trinajstić information content (AvgIpc) is 2.55. The normalized spacial score (nSPS) is 14.3. The summed E-state index contributed by atoms with van der Waals surface area (Å²) in [5.41, 5.74) is 1.87. The first-order valence-corrected chi connectivity index (χ1v) is 7.31. The SMILES string of the molecule is Cc1cc[n+]([C@H](C)C(=O)Nc2ccc3c(c2)OCCO3)cc1. The van der Waals surface area contributed by atoms with Crippen molar-refractivity contribution in [2.75, 3.05) is 18.5 Å². The van der Waals surface area contributed by atoms with Crippen molar-refractivity contribution in [3.05, 3.63) is 48.3 Å². The molecule has 1 aliphatic rings. The number of amides is 1. The van der Waals surface area contributed by atoms with Crippen molar-refractivity contribution in [3.63, 3.8) is 0 Å². The number of anilines is 1. The highest BCUT2D eigenvalue weighted by Crippen LogP contribution is 2.32. The minimum Gasteiger partial charge on any atom is -0.486 e. The lowest BCUT2D eigenvalue weighted by atomic mass is 10.2. The summed E-state index contributed by atoms with van der Waals surface area (Å²) in [5, 5.41) is 2.91. The molecule has 5 nitrogen and oxygen atoms in total. The number of pyridine rings is 1. The molecule has 0 unspecified atom stereocenters. The molecule has 2 aromatic rings. The van der Waals surface area contributed by atoms with E-state index in [-0.39, 0.29) is 11.9 Å². The van der Waals surface area contributed by atoms with Crippen molar-refractivity contribution >= 4 is 11.6 Å². The third kappa shape index (κ3) is 3.03. The topological polar surface area (TPSA) is 51.4 Å². The average molecular weight is 299 g/mol. The Morgan fingerprint density at radius 2 is 1.82 bits per heavy atom. The van der Waals surface area contributed by atoms with Crippen molar-refractivity contribution in [1.82, 2.24) is 0 Å². The highest BCUT2D eigenvalue weighted by molar-refractivity contribution is 5.92. The van der Waals surface area contributed by atoms with Crippen LogP contribution in [0.2, 0.25) is 0 Å². The molecule has 3 rings (SSSR count). The number of fused-ring (bicyclic) bond motifs is 1. The summed E-state index contributed by atoms with van der Waals surface area (Å²) in [4.78, 5) is 12.4. The zero-order chi connectivity index (χ0) is 15.5. The van der Waals surface area contributed by atoms with Crippen molar-refractivity contribution < 1.29 is 18.8 Å². The van der Waals surface area contributed by atoms with Crippen molar-refractivity contribution in [2.45, 2.75) is 19.9 Å². The fourth-order valence-electron chi connectivity index (χ4n) is 2.27. The molecule has 0 spiro atoms. The molecule has 0 aliphatic carbocycles. The van der Waals surface area contributed by atoms with Crippen LogP contribution in [0, 0.1) is 6.92 Å². The molecule has 5 heteroatoms. The zero-order valence-electron chi connectivity index (χ0n) is 12.7. The van der Waals surface area contributed by atoms with E-state index < -0.39 is 0 Å². The second-order valence-electron chi connectivity index (χ2n) is 5.35. The lowest BCUT2D eigenvalue weighted by Crippen LogP contribution is -2.43. The minimum atomic E-state index is -0.297. The number of carbonyl (C=O) groups is 1. The van der Waals surface area contributed by atoms with E-state index in [1.165, 1.54) is 0 Å². The molecule has 114 valence electrons. The molecule has 1 aliphatic heterocycles. The first-order valence-electron chi connectivity index (χ1n) is 7.31. The predicted molar refractivity (Wildman–Crippen MR) is 82.1 cm³/mol. The van der Waals surface area contributed by atoms with Crippen LogP contribution in [-0.4, -0.2) is 19.1 Å². The van der Waals surface area contributed by atoms with E-state index in [1.807, 2.05) is 55.1 Å². The van der Waals surface area contributed by atoms with Crippen LogP contribution in [0.1, 0.15) is 18.5 Å². The Morgan fingerprint density at radius 3 is 2.55 bits per heavy atom. The molecule has 2 heterocycles. The van der Waals surface area contributed by atoms with E-state index in [1.54, 1.807) is 6.07 Å². The molecule has 0 saturated carbocycles. The van der Waals surface area contributed by atoms with E-state index in [0.29, 0.717) is 30.4 Å². The standard InChI is InChI=1S/C17H18N2O3/c1-12-5-7-19(8-6-12)13(2)17(20)18-14-3-4-15-16(11-14)22-10-9-21-15/h3-8,11,13H,9-10H2,1-2H3/p+1/t13-/m1/s1. The van der Waals surface area contributed by atoms with Gasteiger partial charge in [0.2, 0.25) is 6.04 Å². The number of aryl methyl sites for hydroxylation is 1. The van der Waals surface area contributed by atoms with Crippen LogP contribution in [0.3, 0.4) is 0 Å². The quantitative estimate of drug-likeness (QED) is 0.885. The smallest absolute Gasteiger partial charge is 0.293 e. The number of carbonyl (C=O) groups excluding carboxylic acids is 1. The first kappa shape index (κ1) is 14.4. The Balaban J connectivity index is 1.72. The van der Waals surface area contributed by atoms with E-state index in [4.69, 9.17) is 9.47 Å². The van der Waals surface area contributed by atoms with Crippen LogP contribution in [0.4, 0.5) is 5.69 Å². The van der Waals surface area contributed by atoms with Gasteiger partial charge in [-0.25, -0.2) is 0 Å². The number of hydrogen-bond donors (Lipinski definition) is 1. The molecule has 22 heavy (non-hydrogen) atoms. The third-order valence-electron chi connectivity index (χ3n) is 3.66. The molecule has 0 fully saturated rings. The molecule has 1 N–H and O–H groups in total. The highest BCUT2D eigenvalue weighted by Gasteiger charge is 2.22. The van der Waals surface area contributed by atoms with Gasteiger partial charge in [0, 0.05) is 30.8 Å². The van der Waals surface area contributed by atoms with Gasteiger partial charge in [-0.3, -0.25) is 4.79 Å². The summed E-state index contributed by atoms with van der Waals surface area (Å²) in [6.07, 6.45) is 3.81. The Morgan fingerprint density at radius 1 is 1.14 bits per heavy atom. The van der Waals surface area contributed by atoms with Gasteiger partial charge in [0.15, 0.2) is 23.9 Å². The highest BCUT2D eigenvalue weighted by atomic mass is 16.6. The molecular formula is C17H19N2O3+. The van der Waals surface area contributed by atoms with Crippen LogP contribution in [0.15, 0.2) is 42.7 Å². The second-order valence-corrected chi connectivity index (χ2v) is 5.35. The van der Waals surface area contributed by atoms with E-state index >= 15 is 0 Å². The molecule has 0 bridgehead atoms. The summed E-state index contributed by atoms with van der Waals surface area (Å²) < 4.78 is 12.9. The summed E-state index contributed by atoms with van der Waals surface area (Å²) in [6, 6.07) is 9.08. The van der Waals surface area contributed by atoms with Gasteiger partial charge in [0.1, 0.15) is 13.2 Å². The number of hydrogen-bond acceptors (Lipinski definition) is 3. The van der Waals surface area contributed by atoms with E-state index in [2.05, 4.69) is 5.32 Å². The lowest BCUT2D eigenvalue weighted by Gasteiger charge is -2.19. The third-order valence-corrected chi connectivity index (χ3v) is 3.66. The van der Waals surface area contributed by atoms with Crippen LogP contribution < -0.4 is 19.4 Å². The first-order chi connectivity index (χ1) is 10.6. The number of ether oxygens (including phenoxy) is 2. The van der Waals surface area contributed by atoms with Gasteiger partial charge in [0.05, 0.1) is 0 Å². The molecule has 1 atom stereocenters.